The molecule has 0 aliphatic carbocycles. The van der Waals surface area contributed by atoms with E-state index in [0.29, 0.717) is 34.9 Å². The third-order valence-corrected chi connectivity index (χ3v) is 5.98. The van der Waals surface area contributed by atoms with E-state index in [2.05, 4.69) is 25.9 Å². The Balaban J connectivity index is 1.10. The Morgan fingerprint density at radius 1 is 0.865 bits per heavy atom. The van der Waals surface area contributed by atoms with Crippen molar-refractivity contribution in [2.45, 2.75) is 26.7 Å². The van der Waals surface area contributed by atoms with E-state index in [1.54, 1.807) is 41.1 Å². The summed E-state index contributed by atoms with van der Waals surface area (Å²) in [6, 6.07) is 19.6. The lowest BCUT2D eigenvalue weighted by atomic mass is 10.1. The number of carbonyl (C=O) groups is 3. The first-order chi connectivity index (χ1) is 17.9. The van der Waals surface area contributed by atoms with Crippen LogP contribution in [0.2, 0.25) is 0 Å². The second kappa shape index (κ2) is 10.0. The number of hydrogen-bond donors (Lipinski definition) is 2. The number of hydrogen-bond acceptors (Lipinski definition) is 7. The summed E-state index contributed by atoms with van der Waals surface area (Å²) in [5.74, 6) is 0.403. The van der Waals surface area contributed by atoms with Gasteiger partial charge in [-0.05, 0) is 74.9 Å². The molecule has 186 valence electrons. The lowest BCUT2D eigenvalue weighted by molar-refractivity contribution is -0.116. The van der Waals surface area contributed by atoms with Crippen LogP contribution in [0.25, 0.3) is 5.82 Å². The number of aromatic nitrogens is 4. The maximum absolute atomic E-state index is 12.4. The van der Waals surface area contributed by atoms with Crippen LogP contribution in [0.15, 0.2) is 66.7 Å². The van der Waals surface area contributed by atoms with Gasteiger partial charge >= 0.3 is 0 Å². The first kappa shape index (κ1) is 23.9. The number of fused-ring (bicyclic) bond motifs is 1. The number of imide groups is 1. The average Bonchev–Trinajstić information content (AvgIpc) is 3.36. The summed E-state index contributed by atoms with van der Waals surface area (Å²) in [7, 11) is 0. The van der Waals surface area contributed by atoms with Crippen LogP contribution in [0.1, 0.15) is 44.9 Å². The Morgan fingerprint density at radius 2 is 1.54 bits per heavy atom. The van der Waals surface area contributed by atoms with Gasteiger partial charge in [-0.25, -0.2) is 4.68 Å². The third-order valence-electron chi connectivity index (χ3n) is 5.98. The van der Waals surface area contributed by atoms with Gasteiger partial charge in [0.05, 0.1) is 16.8 Å². The van der Waals surface area contributed by atoms with Gasteiger partial charge in [-0.1, -0.05) is 12.1 Å². The first-order valence-corrected chi connectivity index (χ1v) is 11.9. The van der Waals surface area contributed by atoms with Gasteiger partial charge in [0, 0.05) is 30.0 Å². The Bertz CT molecular complexity index is 1440. The fraction of sp³-hybridized carbons (Fsp3) is 0.185. The van der Waals surface area contributed by atoms with Crippen molar-refractivity contribution in [3.63, 3.8) is 0 Å². The molecule has 10 nitrogen and oxygen atoms in total. The second-order valence-electron chi connectivity index (χ2n) is 8.78. The summed E-state index contributed by atoms with van der Waals surface area (Å²) in [6.07, 6.45) is 0.563. The molecule has 0 saturated heterocycles. The van der Waals surface area contributed by atoms with Gasteiger partial charge in [0.15, 0.2) is 11.6 Å². The summed E-state index contributed by atoms with van der Waals surface area (Å²) >= 11 is 0. The Morgan fingerprint density at radius 3 is 2.14 bits per heavy atom. The molecule has 0 atom stereocenters. The SMILES string of the molecule is Cc1cc(C)n(-c2ccc(Nc3ccc(NC(=O)CCCN4C(=O)c5ccccc5C4=O)cc3)nn2)n1. The number of nitrogens with one attached hydrogen (secondary N) is 2. The largest absolute Gasteiger partial charge is 0.339 e. The first-order valence-electron chi connectivity index (χ1n) is 11.9. The van der Waals surface area contributed by atoms with Crippen LogP contribution in [0.4, 0.5) is 17.2 Å². The number of rotatable bonds is 8. The molecule has 0 saturated carbocycles. The standard InChI is InChI=1S/C27H25N7O3/c1-17-16-18(2)34(32-17)24-14-13-23(30-31-24)28-19-9-11-20(12-10-19)29-25(35)8-5-15-33-26(36)21-6-3-4-7-22(21)27(33)37/h3-4,6-7,9-14,16H,5,8,15H2,1-2H3,(H,28,30)(H,29,35). The van der Waals surface area contributed by atoms with E-state index in [1.807, 2.05) is 44.2 Å². The molecule has 2 aromatic carbocycles. The summed E-state index contributed by atoms with van der Waals surface area (Å²) in [4.78, 5) is 38.4. The zero-order valence-corrected chi connectivity index (χ0v) is 20.4. The molecule has 0 unspecified atom stereocenters. The Kier molecular flexibility index (Phi) is 6.46. The van der Waals surface area contributed by atoms with E-state index in [0.717, 1.165) is 17.1 Å². The van der Waals surface area contributed by atoms with Crippen LogP contribution >= 0.6 is 0 Å². The molecule has 3 amide bonds. The van der Waals surface area contributed by atoms with Crippen molar-refractivity contribution in [3.05, 3.63) is 89.2 Å². The lowest BCUT2D eigenvalue weighted by Crippen LogP contribution is -2.31. The molecule has 0 radical (unpaired) electrons. The zero-order valence-electron chi connectivity index (χ0n) is 20.4. The second-order valence-corrected chi connectivity index (χ2v) is 8.78. The molecular weight excluding hydrogens is 470 g/mol. The molecule has 1 aliphatic rings. The maximum atomic E-state index is 12.4. The van der Waals surface area contributed by atoms with Crippen LogP contribution in [0.3, 0.4) is 0 Å². The van der Waals surface area contributed by atoms with Gasteiger partial charge in [0.2, 0.25) is 5.91 Å². The van der Waals surface area contributed by atoms with Gasteiger partial charge in [0.1, 0.15) is 0 Å². The van der Waals surface area contributed by atoms with Gasteiger partial charge in [0.25, 0.3) is 11.8 Å². The van der Waals surface area contributed by atoms with Crippen molar-refractivity contribution < 1.29 is 14.4 Å². The molecule has 4 aromatic rings. The predicted octanol–water partition coefficient (Wildman–Crippen LogP) is 4.04. The number of nitrogens with zero attached hydrogens (tertiary/aromatic N) is 5. The van der Waals surface area contributed by atoms with Crippen LogP contribution < -0.4 is 10.6 Å². The molecule has 0 bridgehead atoms. The highest BCUT2D eigenvalue weighted by molar-refractivity contribution is 6.21. The summed E-state index contributed by atoms with van der Waals surface area (Å²) in [5.41, 5.74) is 4.15. The fourth-order valence-electron chi connectivity index (χ4n) is 4.21. The van der Waals surface area contributed by atoms with Crippen LogP contribution in [0.5, 0.6) is 0 Å². The zero-order chi connectivity index (χ0) is 25.9. The van der Waals surface area contributed by atoms with Crippen LogP contribution in [-0.4, -0.2) is 49.1 Å². The maximum Gasteiger partial charge on any atom is 0.261 e. The van der Waals surface area contributed by atoms with E-state index in [9.17, 15) is 14.4 Å². The van der Waals surface area contributed by atoms with Gasteiger partial charge < -0.3 is 10.6 Å². The highest BCUT2D eigenvalue weighted by Gasteiger charge is 2.34. The molecule has 2 N–H and O–H groups in total. The highest BCUT2D eigenvalue weighted by atomic mass is 16.2. The van der Waals surface area contributed by atoms with Crippen LogP contribution in [-0.2, 0) is 4.79 Å². The van der Waals surface area contributed by atoms with Crippen molar-refractivity contribution in [1.82, 2.24) is 24.9 Å². The minimum Gasteiger partial charge on any atom is -0.339 e. The number of benzene rings is 2. The normalized spacial score (nSPS) is 12.5. The molecule has 1 aliphatic heterocycles. The number of anilines is 3. The van der Waals surface area contributed by atoms with E-state index in [4.69, 9.17) is 0 Å². The summed E-state index contributed by atoms with van der Waals surface area (Å²) in [5, 5.41) is 18.9. The molecule has 10 heteroatoms. The van der Waals surface area contributed by atoms with E-state index in [-0.39, 0.29) is 30.7 Å². The van der Waals surface area contributed by atoms with Crippen molar-refractivity contribution >= 4 is 34.9 Å². The predicted molar refractivity (Wildman–Crippen MR) is 138 cm³/mol. The fourth-order valence-corrected chi connectivity index (χ4v) is 4.21. The minimum absolute atomic E-state index is 0.185. The van der Waals surface area contributed by atoms with Crippen molar-refractivity contribution in [2.75, 3.05) is 17.2 Å². The molecule has 37 heavy (non-hydrogen) atoms. The molecule has 0 spiro atoms. The highest BCUT2D eigenvalue weighted by Crippen LogP contribution is 2.23. The van der Waals surface area contributed by atoms with E-state index < -0.39 is 0 Å². The molecule has 0 fully saturated rings. The topological polar surface area (TPSA) is 122 Å². The molecular formula is C27H25N7O3. The number of amides is 3. The third kappa shape index (κ3) is 5.08. The van der Waals surface area contributed by atoms with E-state index in [1.165, 1.54) is 4.90 Å². The van der Waals surface area contributed by atoms with Crippen molar-refractivity contribution in [3.8, 4) is 5.82 Å². The number of aryl methyl sites for hydroxylation is 2. The van der Waals surface area contributed by atoms with Gasteiger partial charge in [-0.15, -0.1) is 10.2 Å². The van der Waals surface area contributed by atoms with Crippen molar-refractivity contribution in [1.29, 1.82) is 0 Å². The average molecular weight is 496 g/mol. The Labute approximate surface area is 213 Å². The monoisotopic (exact) mass is 495 g/mol. The smallest absolute Gasteiger partial charge is 0.261 e. The quantitative estimate of drug-likeness (QED) is 0.354. The molecule has 5 rings (SSSR count). The number of carbonyl (C=O) groups excluding carboxylic acids is 3. The van der Waals surface area contributed by atoms with Gasteiger partial charge in [-0.2, -0.15) is 5.10 Å². The molecule has 2 aromatic heterocycles. The Hall–Kier alpha value is -4.86. The van der Waals surface area contributed by atoms with Crippen LogP contribution in [0, 0.1) is 13.8 Å². The summed E-state index contributed by atoms with van der Waals surface area (Å²) in [6.45, 7) is 4.09. The van der Waals surface area contributed by atoms with E-state index >= 15 is 0 Å². The molecule has 3 heterocycles. The van der Waals surface area contributed by atoms with Gasteiger partial charge in [-0.3, -0.25) is 19.3 Å². The summed E-state index contributed by atoms with van der Waals surface area (Å²) < 4.78 is 1.74. The minimum atomic E-state index is -0.310. The lowest BCUT2D eigenvalue weighted by Gasteiger charge is -2.13. The van der Waals surface area contributed by atoms with Crippen molar-refractivity contribution in [2.24, 2.45) is 0 Å².